The Balaban J connectivity index is 1.25. The highest BCUT2D eigenvalue weighted by atomic mass is 19.3. The van der Waals surface area contributed by atoms with E-state index in [0.717, 1.165) is 44.2 Å². The summed E-state index contributed by atoms with van der Waals surface area (Å²) in [5, 5.41) is 9.27. The van der Waals surface area contributed by atoms with Crippen molar-refractivity contribution in [3.63, 3.8) is 0 Å². The normalized spacial score (nSPS) is 15.5. The van der Waals surface area contributed by atoms with Gasteiger partial charge in [0.1, 0.15) is 17.2 Å². The lowest BCUT2D eigenvalue weighted by Crippen LogP contribution is -2.24. The van der Waals surface area contributed by atoms with Gasteiger partial charge < -0.3 is 4.98 Å². The summed E-state index contributed by atoms with van der Waals surface area (Å²) in [4.78, 5) is 18.5. The third-order valence-corrected chi connectivity index (χ3v) is 7.12. The minimum atomic E-state index is -2.63. The summed E-state index contributed by atoms with van der Waals surface area (Å²) in [6.45, 7) is 0.533. The molecule has 5 aromatic heterocycles. The summed E-state index contributed by atoms with van der Waals surface area (Å²) in [6, 6.07) is 14.2. The molecule has 0 bridgehead atoms. The van der Waals surface area contributed by atoms with Crippen LogP contribution in [0.4, 0.5) is 13.2 Å². The fraction of sp³-hybridized carbons (Fsp3) is 0.172. The minimum Gasteiger partial charge on any atom is -0.338 e. The second-order valence-electron chi connectivity index (χ2n) is 9.90. The van der Waals surface area contributed by atoms with Gasteiger partial charge in [0.05, 0.1) is 29.6 Å². The molecule has 2 N–H and O–H groups in total. The van der Waals surface area contributed by atoms with E-state index in [4.69, 9.17) is 0 Å². The van der Waals surface area contributed by atoms with E-state index in [1.165, 1.54) is 12.1 Å². The van der Waals surface area contributed by atoms with E-state index in [0.29, 0.717) is 30.1 Å². The Labute approximate surface area is 220 Å². The molecular formula is C29H22F3N7. The Morgan fingerprint density at radius 2 is 1.87 bits per heavy atom. The van der Waals surface area contributed by atoms with E-state index in [-0.39, 0.29) is 18.8 Å². The number of nitrogens with zero attached hydrogens (tertiary/aromatic N) is 5. The molecule has 7 nitrogen and oxygen atoms in total. The molecule has 6 aromatic rings. The van der Waals surface area contributed by atoms with Gasteiger partial charge >= 0.3 is 0 Å². The lowest BCUT2D eigenvalue weighted by Gasteiger charge is -2.15. The number of pyridine rings is 3. The number of aromatic nitrogens is 6. The number of halogens is 3. The summed E-state index contributed by atoms with van der Waals surface area (Å²) in [5.74, 6) is -2.94. The van der Waals surface area contributed by atoms with Crippen molar-refractivity contribution in [2.45, 2.75) is 18.9 Å². The molecule has 194 valence electrons. The molecule has 39 heavy (non-hydrogen) atoms. The van der Waals surface area contributed by atoms with Crippen molar-refractivity contribution in [3.05, 3.63) is 84.7 Å². The highest BCUT2D eigenvalue weighted by Gasteiger charge is 2.37. The Hall–Kier alpha value is -4.57. The number of aromatic amines is 2. The van der Waals surface area contributed by atoms with Crippen LogP contribution in [0.1, 0.15) is 12.0 Å². The van der Waals surface area contributed by atoms with Crippen molar-refractivity contribution in [1.29, 1.82) is 0 Å². The molecule has 0 atom stereocenters. The maximum Gasteiger partial charge on any atom is 0.261 e. The second-order valence-corrected chi connectivity index (χ2v) is 9.90. The molecule has 0 saturated carbocycles. The van der Waals surface area contributed by atoms with E-state index >= 15 is 0 Å². The summed E-state index contributed by atoms with van der Waals surface area (Å²) in [6.07, 6.45) is 6.71. The first-order chi connectivity index (χ1) is 18.9. The fourth-order valence-electron chi connectivity index (χ4n) is 5.26. The number of rotatable bonds is 5. The molecule has 6 heterocycles. The van der Waals surface area contributed by atoms with Gasteiger partial charge in [0, 0.05) is 54.4 Å². The van der Waals surface area contributed by atoms with Crippen LogP contribution in [0.5, 0.6) is 0 Å². The summed E-state index contributed by atoms with van der Waals surface area (Å²) in [5.41, 5.74) is 6.84. The number of benzene rings is 1. The molecule has 1 aliphatic rings. The molecule has 0 radical (unpaired) electrons. The molecule has 10 heteroatoms. The molecule has 1 fully saturated rings. The first-order valence-electron chi connectivity index (χ1n) is 12.5. The topological polar surface area (TPSA) is 86.4 Å². The van der Waals surface area contributed by atoms with Gasteiger partial charge in [-0.05, 0) is 53.1 Å². The number of H-pyrrole nitrogens is 2. The summed E-state index contributed by atoms with van der Waals surface area (Å²) in [7, 11) is 0. The smallest absolute Gasteiger partial charge is 0.261 e. The van der Waals surface area contributed by atoms with Crippen molar-refractivity contribution in [2.24, 2.45) is 0 Å². The predicted molar refractivity (Wildman–Crippen MR) is 142 cm³/mol. The van der Waals surface area contributed by atoms with Gasteiger partial charge in [0.2, 0.25) is 0 Å². The van der Waals surface area contributed by atoms with Crippen LogP contribution < -0.4 is 0 Å². The molecule has 0 aliphatic carbocycles. The van der Waals surface area contributed by atoms with E-state index in [1.807, 2.05) is 30.3 Å². The third-order valence-electron chi connectivity index (χ3n) is 7.12. The van der Waals surface area contributed by atoms with Gasteiger partial charge in [0.15, 0.2) is 0 Å². The van der Waals surface area contributed by atoms with Gasteiger partial charge in [-0.3, -0.25) is 20.0 Å². The second kappa shape index (κ2) is 9.02. The average Bonchev–Trinajstić information content (AvgIpc) is 3.64. The monoisotopic (exact) mass is 525 g/mol. The van der Waals surface area contributed by atoms with Crippen molar-refractivity contribution >= 4 is 21.9 Å². The molecule has 0 unspecified atom stereocenters. The Morgan fingerprint density at radius 1 is 0.949 bits per heavy atom. The molecule has 0 spiro atoms. The van der Waals surface area contributed by atoms with Crippen LogP contribution in [0.25, 0.3) is 55.7 Å². The zero-order valence-electron chi connectivity index (χ0n) is 20.6. The SMILES string of the molecule is Fc1cccc(-c2ccnc3[nH]c(-c4n[nH]c5cnc(-c6cncc(CN7CCC(F)(F)C7)c6)cc45)cc23)c1. The number of hydrogen-bond acceptors (Lipinski definition) is 5. The van der Waals surface area contributed by atoms with E-state index < -0.39 is 5.92 Å². The van der Waals surface area contributed by atoms with Crippen LogP contribution in [-0.2, 0) is 6.54 Å². The van der Waals surface area contributed by atoms with Gasteiger partial charge in [-0.2, -0.15) is 5.10 Å². The molecular weight excluding hydrogens is 503 g/mol. The maximum absolute atomic E-state index is 13.9. The van der Waals surface area contributed by atoms with Crippen LogP contribution in [0.2, 0.25) is 0 Å². The standard InChI is InChI=1S/C29H22F3N7/c30-20-3-1-2-18(9-20)21-4-6-34-28-22(21)10-25(36-28)27-23-11-24(35-14-26(23)37-38-27)19-8-17(12-33-13-19)15-39-7-5-29(31,32)16-39/h1-4,6,8-14H,5,7,15-16H2,(H,34,36)(H,37,38). The molecule has 1 aliphatic heterocycles. The number of alkyl halides is 2. The molecule has 7 rings (SSSR count). The first-order valence-corrected chi connectivity index (χ1v) is 12.5. The minimum absolute atomic E-state index is 0.116. The predicted octanol–water partition coefficient (Wildman–Crippen LogP) is 6.21. The van der Waals surface area contributed by atoms with Crippen LogP contribution in [0.15, 0.2) is 73.3 Å². The Bertz CT molecular complexity index is 1840. The van der Waals surface area contributed by atoms with Crippen LogP contribution in [-0.4, -0.2) is 54.0 Å². The lowest BCUT2D eigenvalue weighted by atomic mass is 10.0. The Morgan fingerprint density at radius 3 is 2.72 bits per heavy atom. The highest BCUT2D eigenvalue weighted by Crippen LogP contribution is 2.34. The summed E-state index contributed by atoms with van der Waals surface area (Å²) >= 11 is 0. The average molecular weight is 526 g/mol. The van der Waals surface area contributed by atoms with Gasteiger partial charge in [-0.1, -0.05) is 12.1 Å². The maximum atomic E-state index is 13.9. The van der Waals surface area contributed by atoms with Crippen molar-refractivity contribution in [2.75, 3.05) is 13.1 Å². The molecule has 1 saturated heterocycles. The lowest BCUT2D eigenvalue weighted by molar-refractivity contribution is 0.0115. The number of hydrogen-bond donors (Lipinski definition) is 2. The molecule has 0 amide bonds. The van der Waals surface area contributed by atoms with Crippen molar-refractivity contribution < 1.29 is 13.2 Å². The number of likely N-dealkylation sites (tertiary alicyclic amines) is 1. The van der Waals surface area contributed by atoms with Crippen molar-refractivity contribution in [3.8, 4) is 33.8 Å². The van der Waals surface area contributed by atoms with Gasteiger partial charge in [-0.15, -0.1) is 0 Å². The van der Waals surface area contributed by atoms with Gasteiger partial charge in [0.25, 0.3) is 5.92 Å². The zero-order chi connectivity index (χ0) is 26.6. The van der Waals surface area contributed by atoms with Gasteiger partial charge in [-0.25, -0.2) is 18.2 Å². The van der Waals surface area contributed by atoms with Crippen LogP contribution in [0.3, 0.4) is 0 Å². The third kappa shape index (κ3) is 4.42. The zero-order valence-corrected chi connectivity index (χ0v) is 20.6. The van der Waals surface area contributed by atoms with Crippen LogP contribution in [0, 0.1) is 5.82 Å². The van der Waals surface area contributed by atoms with E-state index in [2.05, 4.69) is 30.1 Å². The van der Waals surface area contributed by atoms with E-state index in [1.54, 1.807) is 35.8 Å². The number of nitrogens with one attached hydrogen (secondary N) is 2. The van der Waals surface area contributed by atoms with Crippen LogP contribution >= 0.6 is 0 Å². The molecule has 1 aromatic carbocycles. The highest BCUT2D eigenvalue weighted by molar-refractivity contribution is 6.00. The summed E-state index contributed by atoms with van der Waals surface area (Å²) < 4.78 is 41.2. The Kier molecular flexibility index (Phi) is 5.44. The van der Waals surface area contributed by atoms with Crippen molar-refractivity contribution in [1.82, 2.24) is 35.0 Å². The largest absolute Gasteiger partial charge is 0.338 e. The first kappa shape index (κ1) is 23.5. The van der Waals surface area contributed by atoms with E-state index in [9.17, 15) is 13.2 Å². The quantitative estimate of drug-likeness (QED) is 0.280. The fourth-order valence-corrected chi connectivity index (χ4v) is 5.26. The number of fused-ring (bicyclic) bond motifs is 2.